The minimum atomic E-state index is -1.01. The van der Waals surface area contributed by atoms with Crippen LogP contribution in [0.25, 0.3) is 0 Å². The van der Waals surface area contributed by atoms with Crippen molar-refractivity contribution in [3.8, 4) is 0 Å². The molecule has 1 unspecified atom stereocenters. The molecule has 76 valence electrons. The maximum Gasteiger partial charge on any atom is 0.239 e. The van der Waals surface area contributed by atoms with Gasteiger partial charge >= 0.3 is 0 Å². The molecule has 6 nitrogen and oxygen atoms in total. The zero-order chi connectivity index (χ0) is 10.4. The van der Waals surface area contributed by atoms with Gasteiger partial charge in [-0.25, -0.2) is 5.84 Å². The summed E-state index contributed by atoms with van der Waals surface area (Å²) in [4.78, 5) is 21.9. The molecule has 1 amide bonds. The van der Waals surface area contributed by atoms with Gasteiger partial charge in [0.15, 0.2) is 5.78 Å². The van der Waals surface area contributed by atoms with Crippen LogP contribution in [0.5, 0.6) is 0 Å². The predicted octanol–water partition coefficient (Wildman–Crippen LogP) is -1.98. The normalized spacial score (nSPS) is 12.3. The third-order valence-electron chi connectivity index (χ3n) is 1.59. The summed E-state index contributed by atoms with van der Waals surface area (Å²) in [6.45, 7) is 0.387. The second-order valence-electron chi connectivity index (χ2n) is 2.58. The van der Waals surface area contributed by atoms with Crippen LogP contribution in [0, 0.1) is 0 Å². The van der Waals surface area contributed by atoms with Crippen molar-refractivity contribution in [2.45, 2.75) is 19.4 Å². The number of rotatable bonds is 5. The molecule has 0 aromatic carbocycles. The van der Waals surface area contributed by atoms with Crippen LogP contribution in [-0.4, -0.2) is 46.2 Å². The van der Waals surface area contributed by atoms with E-state index >= 15 is 0 Å². The number of Topliss-reactive ketones (excluding diaryl/α,β-unsaturated/α-hetero) is 1. The van der Waals surface area contributed by atoms with Crippen LogP contribution in [0.15, 0.2) is 0 Å². The fraction of sp³-hybridized carbons (Fsp3) is 0.714. The van der Waals surface area contributed by atoms with Gasteiger partial charge in [0.1, 0.15) is 6.04 Å². The van der Waals surface area contributed by atoms with Crippen LogP contribution < -0.4 is 5.84 Å². The lowest BCUT2D eigenvalue weighted by Crippen LogP contribution is -2.51. The SMILES string of the molecule is CC(=O)C(CO)N(N)C(=O)CCO. The molecule has 4 N–H and O–H groups in total. The van der Waals surface area contributed by atoms with E-state index < -0.39 is 24.3 Å². The van der Waals surface area contributed by atoms with Gasteiger partial charge in [-0.2, -0.15) is 0 Å². The van der Waals surface area contributed by atoms with Gasteiger partial charge in [-0.05, 0) is 6.92 Å². The summed E-state index contributed by atoms with van der Waals surface area (Å²) in [7, 11) is 0. The Morgan fingerprint density at radius 2 is 2.00 bits per heavy atom. The smallest absolute Gasteiger partial charge is 0.239 e. The van der Waals surface area contributed by atoms with E-state index in [2.05, 4.69) is 0 Å². The van der Waals surface area contributed by atoms with Crippen LogP contribution >= 0.6 is 0 Å². The first kappa shape index (κ1) is 12.0. The van der Waals surface area contributed by atoms with Crippen molar-refractivity contribution < 1.29 is 19.8 Å². The maximum atomic E-state index is 11.0. The van der Waals surface area contributed by atoms with Gasteiger partial charge in [-0.3, -0.25) is 14.6 Å². The molecule has 0 heterocycles. The van der Waals surface area contributed by atoms with E-state index in [0.717, 1.165) is 0 Å². The molecular formula is C7H14N2O4. The first-order chi connectivity index (χ1) is 6.04. The molecular weight excluding hydrogens is 176 g/mol. The number of amides is 1. The van der Waals surface area contributed by atoms with Crippen LogP contribution in [0.1, 0.15) is 13.3 Å². The van der Waals surface area contributed by atoms with Crippen molar-refractivity contribution in [3.05, 3.63) is 0 Å². The third kappa shape index (κ3) is 3.49. The number of hydrogen-bond donors (Lipinski definition) is 3. The highest BCUT2D eigenvalue weighted by Gasteiger charge is 2.23. The van der Waals surface area contributed by atoms with E-state index in [1.54, 1.807) is 0 Å². The second kappa shape index (κ2) is 5.63. The van der Waals surface area contributed by atoms with Crippen molar-refractivity contribution in [1.29, 1.82) is 0 Å². The molecule has 0 aliphatic rings. The Hall–Kier alpha value is -0.980. The molecule has 0 rings (SSSR count). The summed E-state index contributed by atoms with van der Waals surface area (Å²) in [6, 6.07) is -1.01. The summed E-state index contributed by atoms with van der Waals surface area (Å²) in [6.07, 6.45) is -0.153. The van der Waals surface area contributed by atoms with E-state index in [0.29, 0.717) is 5.01 Å². The Morgan fingerprint density at radius 3 is 2.31 bits per heavy atom. The van der Waals surface area contributed by atoms with E-state index in [1.165, 1.54) is 6.92 Å². The molecule has 0 saturated heterocycles. The standard InChI is InChI=1S/C7H14N2O4/c1-5(12)6(4-11)9(8)7(13)2-3-10/h6,10-11H,2-4,8H2,1H3. The topological polar surface area (TPSA) is 104 Å². The zero-order valence-corrected chi connectivity index (χ0v) is 7.43. The van der Waals surface area contributed by atoms with Crippen molar-refractivity contribution in [3.63, 3.8) is 0 Å². The summed E-state index contributed by atoms with van der Waals surface area (Å²) in [5.41, 5.74) is 0. The molecule has 0 aromatic rings. The fourth-order valence-corrected chi connectivity index (χ4v) is 0.811. The van der Waals surface area contributed by atoms with Crippen molar-refractivity contribution in [2.75, 3.05) is 13.2 Å². The number of nitrogens with two attached hydrogens (primary N) is 1. The largest absolute Gasteiger partial charge is 0.396 e. The zero-order valence-electron chi connectivity index (χ0n) is 7.43. The second-order valence-corrected chi connectivity index (χ2v) is 2.58. The number of hydrogen-bond acceptors (Lipinski definition) is 5. The molecule has 0 bridgehead atoms. The van der Waals surface area contributed by atoms with Gasteiger partial charge in [0, 0.05) is 0 Å². The molecule has 6 heteroatoms. The fourth-order valence-electron chi connectivity index (χ4n) is 0.811. The van der Waals surface area contributed by atoms with E-state index in [-0.39, 0.29) is 13.0 Å². The molecule has 1 atom stereocenters. The Labute approximate surface area is 75.9 Å². The van der Waals surface area contributed by atoms with E-state index in [1.807, 2.05) is 0 Å². The molecule has 0 aliphatic carbocycles. The van der Waals surface area contributed by atoms with Crippen LogP contribution in [-0.2, 0) is 9.59 Å². The van der Waals surface area contributed by atoms with E-state index in [4.69, 9.17) is 16.1 Å². The number of ketones is 1. The van der Waals surface area contributed by atoms with Crippen molar-refractivity contribution >= 4 is 11.7 Å². The predicted molar refractivity (Wildman–Crippen MR) is 44.3 cm³/mol. The number of carbonyl (C=O) groups excluding carboxylic acids is 2. The highest BCUT2D eigenvalue weighted by Crippen LogP contribution is 1.97. The molecule has 0 radical (unpaired) electrons. The minimum absolute atomic E-state index is 0.153. The van der Waals surface area contributed by atoms with Crippen LogP contribution in [0.2, 0.25) is 0 Å². The number of aliphatic hydroxyl groups excluding tert-OH is 2. The van der Waals surface area contributed by atoms with Crippen molar-refractivity contribution in [2.24, 2.45) is 5.84 Å². The summed E-state index contributed by atoms with van der Waals surface area (Å²) in [5, 5.41) is 17.8. The number of carbonyl (C=O) groups is 2. The quantitative estimate of drug-likeness (QED) is 0.265. The highest BCUT2D eigenvalue weighted by molar-refractivity contribution is 5.87. The molecule has 13 heavy (non-hydrogen) atoms. The third-order valence-corrected chi connectivity index (χ3v) is 1.59. The van der Waals surface area contributed by atoms with Gasteiger partial charge < -0.3 is 10.2 Å². The Kier molecular flexibility index (Phi) is 5.20. The minimum Gasteiger partial charge on any atom is -0.396 e. The van der Waals surface area contributed by atoms with Gasteiger partial charge in [-0.1, -0.05) is 0 Å². The Bertz CT molecular complexity index is 195. The Morgan fingerprint density at radius 1 is 1.46 bits per heavy atom. The summed E-state index contributed by atoms with van der Waals surface area (Å²) >= 11 is 0. The van der Waals surface area contributed by atoms with Gasteiger partial charge in [0.25, 0.3) is 0 Å². The molecule has 0 saturated carbocycles. The van der Waals surface area contributed by atoms with Crippen molar-refractivity contribution in [1.82, 2.24) is 5.01 Å². The van der Waals surface area contributed by atoms with Gasteiger partial charge in [-0.15, -0.1) is 0 Å². The lowest BCUT2D eigenvalue weighted by Gasteiger charge is -2.23. The highest BCUT2D eigenvalue weighted by atomic mass is 16.3. The molecule has 0 aliphatic heterocycles. The van der Waals surface area contributed by atoms with Gasteiger partial charge in [0.05, 0.1) is 19.6 Å². The average molecular weight is 190 g/mol. The monoisotopic (exact) mass is 190 g/mol. The summed E-state index contributed by atoms with van der Waals surface area (Å²) in [5.74, 6) is 4.29. The lowest BCUT2D eigenvalue weighted by atomic mass is 10.2. The Balaban J connectivity index is 4.27. The first-order valence-corrected chi connectivity index (χ1v) is 3.83. The number of aliphatic hydroxyl groups is 2. The maximum absolute atomic E-state index is 11.0. The molecule has 0 fully saturated rings. The van der Waals surface area contributed by atoms with E-state index in [9.17, 15) is 9.59 Å². The lowest BCUT2D eigenvalue weighted by molar-refractivity contribution is -0.141. The van der Waals surface area contributed by atoms with Crippen LogP contribution in [0.4, 0.5) is 0 Å². The number of hydrazine groups is 1. The van der Waals surface area contributed by atoms with Crippen LogP contribution in [0.3, 0.4) is 0 Å². The molecule has 0 aromatic heterocycles. The molecule has 0 spiro atoms. The first-order valence-electron chi connectivity index (χ1n) is 3.83. The number of nitrogens with zero attached hydrogens (tertiary/aromatic N) is 1. The average Bonchev–Trinajstić information content (AvgIpc) is 2.05. The summed E-state index contributed by atoms with van der Waals surface area (Å²) < 4.78 is 0. The van der Waals surface area contributed by atoms with Gasteiger partial charge in [0.2, 0.25) is 5.91 Å².